The van der Waals surface area contributed by atoms with Gasteiger partial charge in [-0.15, -0.1) is 0 Å². The van der Waals surface area contributed by atoms with Crippen LogP contribution in [0, 0.1) is 0 Å². The van der Waals surface area contributed by atoms with Gasteiger partial charge in [0.1, 0.15) is 18.1 Å². The van der Waals surface area contributed by atoms with Gasteiger partial charge in [-0.2, -0.15) is 0 Å². The molecule has 3 rings (SSSR count). The van der Waals surface area contributed by atoms with Gasteiger partial charge in [0, 0.05) is 26.7 Å². The maximum absolute atomic E-state index is 6.12. The van der Waals surface area contributed by atoms with E-state index in [0.717, 1.165) is 44.0 Å². The van der Waals surface area contributed by atoms with Gasteiger partial charge in [0.15, 0.2) is 11.0 Å². The van der Waals surface area contributed by atoms with Crippen LogP contribution in [0.2, 0.25) is 5.15 Å². The lowest BCUT2D eigenvalue weighted by atomic mass is 10.1. The average molecular weight is 299 g/mol. The van der Waals surface area contributed by atoms with Crippen molar-refractivity contribution >= 4 is 23.1 Å². The molecule has 2 aliphatic heterocycles. The average Bonchev–Trinajstić information content (AvgIpc) is 3.01. The molecule has 3 heterocycles. The molecule has 2 atom stereocenters. The number of morpholine rings is 1. The van der Waals surface area contributed by atoms with E-state index in [1.165, 1.54) is 6.33 Å². The van der Waals surface area contributed by atoms with E-state index in [-0.39, 0.29) is 12.2 Å². The Morgan fingerprint density at radius 3 is 2.90 bits per heavy atom. The zero-order valence-corrected chi connectivity index (χ0v) is 12.3. The first-order valence-corrected chi connectivity index (χ1v) is 7.34. The number of hydrogen-bond donors (Lipinski definition) is 1. The van der Waals surface area contributed by atoms with Crippen LogP contribution in [0.3, 0.4) is 0 Å². The summed E-state index contributed by atoms with van der Waals surface area (Å²) in [7, 11) is 1.83. The van der Waals surface area contributed by atoms with Crippen molar-refractivity contribution < 1.29 is 9.47 Å². The van der Waals surface area contributed by atoms with Crippen LogP contribution in [0.15, 0.2) is 6.33 Å². The Hall–Kier alpha value is -1.11. The lowest BCUT2D eigenvalue weighted by Gasteiger charge is -2.36. The lowest BCUT2D eigenvalue weighted by molar-refractivity contribution is -0.0544. The maximum atomic E-state index is 6.12. The molecule has 110 valence electrons. The van der Waals surface area contributed by atoms with Gasteiger partial charge in [0.2, 0.25) is 0 Å². The summed E-state index contributed by atoms with van der Waals surface area (Å²) in [6.07, 6.45) is 3.99. The minimum absolute atomic E-state index is 0.102. The monoisotopic (exact) mass is 298 g/mol. The Labute approximate surface area is 123 Å². The van der Waals surface area contributed by atoms with E-state index >= 15 is 0 Å². The third kappa shape index (κ3) is 2.68. The highest BCUT2D eigenvalue weighted by Gasteiger charge is 2.32. The van der Waals surface area contributed by atoms with Crippen molar-refractivity contribution in [1.82, 2.24) is 9.97 Å². The molecule has 1 N–H and O–H groups in total. The number of halogens is 1. The molecule has 0 aliphatic carbocycles. The van der Waals surface area contributed by atoms with E-state index in [9.17, 15) is 0 Å². The second-order valence-corrected chi connectivity index (χ2v) is 5.38. The number of nitrogens with one attached hydrogen (secondary N) is 1. The normalized spacial score (nSPS) is 26.8. The summed E-state index contributed by atoms with van der Waals surface area (Å²) < 4.78 is 11.6. The van der Waals surface area contributed by atoms with Gasteiger partial charge in [-0.3, -0.25) is 0 Å². The van der Waals surface area contributed by atoms with Crippen LogP contribution in [0.5, 0.6) is 0 Å². The van der Waals surface area contributed by atoms with E-state index in [4.69, 9.17) is 21.1 Å². The van der Waals surface area contributed by atoms with Crippen LogP contribution in [-0.2, 0) is 9.47 Å². The van der Waals surface area contributed by atoms with Crippen LogP contribution in [0.4, 0.5) is 11.5 Å². The van der Waals surface area contributed by atoms with Gasteiger partial charge >= 0.3 is 0 Å². The van der Waals surface area contributed by atoms with Gasteiger partial charge in [0.25, 0.3) is 0 Å². The molecule has 0 saturated carbocycles. The summed E-state index contributed by atoms with van der Waals surface area (Å²) in [6, 6.07) is 0. The first-order chi connectivity index (χ1) is 9.79. The van der Waals surface area contributed by atoms with Gasteiger partial charge in [-0.05, 0) is 12.8 Å². The summed E-state index contributed by atoms with van der Waals surface area (Å²) in [6.45, 7) is 3.08. The van der Waals surface area contributed by atoms with Crippen molar-refractivity contribution in [3.05, 3.63) is 11.5 Å². The molecule has 0 spiro atoms. The third-order valence-electron chi connectivity index (χ3n) is 3.80. The van der Waals surface area contributed by atoms with Crippen LogP contribution >= 0.6 is 11.6 Å². The van der Waals surface area contributed by atoms with Crippen LogP contribution < -0.4 is 10.2 Å². The number of hydrogen-bond acceptors (Lipinski definition) is 6. The number of aromatic nitrogens is 2. The van der Waals surface area contributed by atoms with Gasteiger partial charge in [0.05, 0.1) is 12.7 Å². The first kappa shape index (κ1) is 13.9. The molecule has 20 heavy (non-hydrogen) atoms. The molecule has 0 amide bonds. The highest BCUT2D eigenvalue weighted by Crippen LogP contribution is 2.31. The number of rotatable bonds is 3. The van der Waals surface area contributed by atoms with Gasteiger partial charge in [-0.25, -0.2) is 9.97 Å². The fourth-order valence-electron chi connectivity index (χ4n) is 2.80. The minimum atomic E-state index is 0.102. The standard InChI is InChI=1S/C13H19ClN4O2/c1-15-11-12(14)16-8-17-13(11)18-4-6-20-10(7-18)9-3-2-5-19-9/h8-10,15H,2-7H2,1H3/t9-,10-/m0/s1. The van der Waals surface area contributed by atoms with Crippen molar-refractivity contribution in [3.8, 4) is 0 Å². The fraction of sp³-hybridized carbons (Fsp3) is 0.692. The van der Waals surface area contributed by atoms with Gasteiger partial charge < -0.3 is 19.7 Å². The highest BCUT2D eigenvalue weighted by molar-refractivity contribution is 6.32. The topological polar surface area (TPSA) is 59.5 Å². The predicted octanol–water partition coefficient (Wildman–Crippen LogP) is 1.56. The smallest absolute Gasteiger partial charge is 0.157 e. The molecule has 2 aliphatic rings. The van der Waals surface area contributed by atoms with E-state index < -0.39 is 0 Å². The summed E-state index contributed by atoms with van der Waals surface area (Å²) in [5.41, 5.74) is 0.766. The van der Waals surface area contributed by atoms with Gasteiger partial charge in [-0.1, -0.05) is 11.6 Å². The Balaban J connectivity index is 1.78. The summed E-state index contributed by atoms with van der Waals surface area (Å²) in [5, 5.41) is 3.52. The number of anilines is 2. The molecule has 0 radical (unpaired) electrons. The zero-order valence-electron chi connectivity index (χ0n) is 11.5. The van der Waals surface area contributed by atoms with Crippen LogP contribution in [0.1, 0.15) is 12.8 Å². The molecule has 6 nitrogen and oxygen atoms in total. The molecule has 1 aromatic rings. The summed E-state index contributed by atoms with van der Waals surface area (Å²) in [5.74, 6) is 0.832. The lowest BCUT2D eigenvalue weighted by Crippen LogP contribution is -2.48. The van der Waals surface area contributed by atoms with Crippen molar-refractivity contribution in [1.29, 1.82) is 0 Å². The molecule has 0 aromatic carbocycles. The molecular weight excluding hydrogens is 280 g/mol. The third-order valence-corrected chi connectivity index (χ3v) is 4.09. The zero-order chi connectivity index (χ0) is 13.9. The van der Waals surface area contributed by atoms with Crippen molar-refractivity contribution in [3.63, 3.8) is 0 Å². The second kappa shape index (κ2) is 6.11. The van der Waals surface area contributed by atoms with Crippen LogP contribution in [0.25, 0.3) is 0 Å². The molecule has 1 aromatic heterocycles. The second-order valence-electron chi connectivity index (χ2n) is 5.02. The molecule has 0 bridgehead atoms. The van der Waals surface area contributed by atoms with Crippen LogP contribution in [-0.4, -0.2) is 55.5 Å². The number of ether oxygens (including phenoxy) is 2. The SMILES string of the molecule is CNc1c(Cl)ncnc1N1CCO[C@H]([C@@H]2CCCO2)C1. The number of nitrogens with zero attached hydrogens (tertiary/aromatic N) is 3. The highest BCUT2D eigenvalue weighted by atomic mass is 35.5. The van der Waals surface area contributed by atoms with E-state index in [1.807, 2.05) is 7.05 Å². The van der Waals surface area contributed by atoms with Crippen molar-refractivity contribution in [2.75, 3.05) is 43.6 Å². The largest absolute Gasteiger partial charge is 0.383 e. The van der Waals surface area contributed by atoms with Crippen molar-refractivity contribution in [2.45, 2.75) is 25.0 Å². The molecule has 0 unspecified atom stereocenters. The molecule has 2 saturated heterocycles. The quantitative estimate of drug-likeness (QED) is 0.855. The van der Waals surface area contributed by atoms with E-state index in [2.05, 4.69) is 20.2 Å². The van der Waals surface area contributed by atoms with Crippen molar-refractivity contribution in [2.24, 2.45) is 0 Å². The Morgan fingerprint density at radius 2 is 2.15 bits per heavy atom. The molecule has 7 heteroatoms. The Kier molecular flexibility index (Phi) is 4.24. The Morgan fingerprint density at radius 1 is 1.30 bits per heavy atom. The summed E-state index contributed by atoms with van der Waals surface area (Å²) >= 11 is 6.12. The summed E-state index contributed by atoms with van der Waals surface area (Å²) in [4.78, 5) is 10.6. The first-order valence-electron chi connectivity index (χ1n) is 6.96. The van der Waals surface area contributed by atoms with E-state index in [1.54, 1.807) is 0 Å². The predicted molar refractivity (Wildman–Crippen MR) is 77.5 cm³/mol. The van der Waals surface area contributed by atoms with E-state index in [0.29, 0.717) is 11.8 Å². The minimum Gasteiger partial charge on any atom is -0.383 e. The Bertz CT molecular complexity index is 468. The molecule has 2 fully saturated rings. The maximum Gasteiger partial charge on any atom is 0.157 e. The molecular formula is C13H19ClN4O2. The fourth-order valence-corrected chi connectivity index (χ4v) is 3.02.